The van der Waals surface area contributed by atoms with Gasteiger partial charge in [-0.05, 0) is 21.1 Å². The highest BCUT2D eigenvalue weighted by molar-refractivity contribution is 7.09. The van der Waals surface area contributed by atoms with Gasteiger partial charge >= 0.3 is 0 Å². The van der Waals surface area contributed by atoms with Crippen LogP contribution < -0.4 is 0 Å². The molecule has 0 bridgehead atoms. The lowest BCUT2D eigenvalue weighted by atomic mass is 11.0. The lowest BCUT2D eigenvalue weighted by Crippen LogP contribution is -2.03. The first-order chi connectivity index (χ1) is 4.00. The second-order valence-electron chi connectivity index (χ2n) is 2.26. The maximum Gasteiger partial charge on any atom is 0.0260 e. The molecule has 0 aliphatic rings. The van der Waals surface area contributed by atoms with Gasteiger partial charge < -0.3 is 4.90 Å². The average Bonchev–Trinajstić information content (AvgIpc) is 1.65. The van der Waals surface area contributed by atoms with Crippen LogP contribution in [0.1, 0.15) is 14.9 Å². The van der Waals surface area contributed by atoms with Crippen molar-refractivity contribution in [3.05, 3.63) is 0 Å². The van der Waals surface area contributed by atoms with Crippen molar-refractivity contribution >= 4 is 9.47 Å². The molecular formula is C7H25N2OP. The fraction of sp³-hybridized carbons (Fsp3) is 1.00. The molecule has 1 atom stereocenters. The van der Waals surface area contributed by atoms with Crippen molar-refractivity contribution in [1.82, 2.24) is 9.96 Å². The van der Waals surface area contributed by atoms with E-state index in [1.165, 1.54) is 0 Å². The molecule has 0 rings (SSSR count). The fourth-order valence-electron chi connectivity index (χ4n) is 0. The summed E-state index contributed by atoms with van der Waals surface area (Å²) in [5, 5.41) is 1.59. The zero-order valence-corrected chi connectivity index (χ0v) is 8.03. The monoisotopic (exact) mass is 184 g/mol. The third-order valence-corrected chi connectivity index (χ3v) is 0.632. The van der Waals surface area contributed by atoms with Crippen LogP contribution in [-0.4, -0.2) is 45.2 Å². The van der Waals surface area contributed by atoms with E-state index in [1.54, 1.807) is 5.06 Å². The molecule has 0 radical (unpaired) electrons. The van der Waals surface area contributed by atoms with Crippen molar-refractivity contribution in [1.29, 1.82) is 0 Å². The van der Waals surface area contributed by atoms with Crippen molar-refractivity contribution in [2.24, 2.45) is 0 Å². The molecule has 0 spiro atoms. The summed E-state index contributed by atoms with van der Waals surface area (Å²) in [5.74, 6) is 0. The Labute approximate surface area is 75.0 Å². The normalized spacial score (nSPS) is 7.64. The Morgan fingerprint density at radius 2 is 1.00 bits per heavy atom. The van der Waals surface area contributed by atoms with Gasteiger partial charge in [0.1, 0.15) is 0 Å². The smallest absolute Gasteiger partial charge is 0.0260 e. The third kappa shape index (κ3) is 133. The lowest BCUT2D eigenvalue weighted by molar-refractivity contribution is 0.0209. The van der Waals surface area contributed by atoms with E-state index in [2.05, 4.69) is 14.1 Å². The molecule has 0 aliphatic heterocycles. The van der Waals surface area contributed by atoms with Crippen molar-refractivity contribution in [2.75, 3.05) is 35.2 Å². The molecular weight excluding hydrogens is 159 g/mol. The number of nitrogens with zero attached hydrogens (tertiary/aromatic N) is 2. The Hall–Kier alpha value is 0.310. The lowest BCUT2D eigenvalue weighted by Gasteiger charge is -2.00. The molecule has 0 N–H and O–H groups in total. The molecule has 0 aromatic heterocycles. The van der Waals surface area contributed by atoms with Gasteiger partial charge in [-0.1, -0.05) is 14.9 Å². The van der Waals surface area contributed by atoms with Crippen LogP contribution in [0.2, 0.25) is 0 Å². The summed E-state index contributed by atoms with van der Waals surface area (Å²) in [4.78, 5) is 2.00. The molecule has 0 heterocycles. The van der Waals surface area contributed by atoms with Gasteiger partial charge in [-0.25, -0.2) is 0 Å². The van der Waals surface area contributed by atoms with E-state index in [0.29, 0.717) is 0 Å². The van der Waals surface area contributed by atoms with Gasteiger partial charge in [0, 0.05) is 23.6 Å². The fourth-order valence-corrected chi connectivity index (χ4v) is 0. The molecule has 11 heavy (non-hydrogen) atoms. The third-order valence-electron chi connectivity index (χ3n) is 0.211. The minimum atomic E-state index is 0. The van der Waals surface area contributed by atoms with E-state index in [1.807, 2.05) is 40.1 Å². The SMILES string of the molecule is C.C.CN(C)C.CN(C)OP. The van der Waals surface area contributed by atoms with E-state index in [4.69, 9.17) is 0 Å². The van der Waals surface area contributed by atoms with Crippen LogP contribution in [0.5, 0.6) is 0 Å². The summed E-state index contributed by atoms with van der Waals surface area (Å²) >= 11 is 0. The molecule has 74 valence electrons. The summed E-state index contributed by atoms with van der Waals surface area (Å²) in [6, 6.07) is 0. The van der Waals surface area contributed by atoms with E-state index in [9.17, 15) is 0 Å². The molecule has 1 unspecified atom stereocenters. The van der Waals surface area contributed by atoms with Gasteiger partial charge in [0.25, 0.3) is 0 Å². The van der Waals surface area contributed by atoms with E-state index in [-0.39, 0.29) is 14.9 Å². The van der Waals surface area contributed by atoms with Crippen LogP contribution >= 0.6 is 9.47 Å². The van der Waals surface area contributed by atoms with Crippen LogP contribution in [0.25, 0.3) is 0 Å². The summed E-state index contributed by atoms with van der Waals surface area (Å²) in [6.45, 7) is 0. The van der Waals surface area contributed by atoms with Gasteiger partial charge in [0.2, 0.25) is 0 Å². The van der Waals surface area contributed by atoms with Gasteiger partial charge in [0.15, 0.2) is 0 Å². The first-order valence-electron chi connectivity index (χ1n) is 2.65. The van der Waals surface area contributed by atoms with Gasteiger partial charge in [-0.15, -0.1) is 0 Å². The molecule has 0 saturated carbocycles. The average molecular weight is 184 g/mol. The standard InChI is InChI=1S/C3H9N.C2H8NOP.2CH4/c1-4(2)3;1-3(2)4-5;;/h1-3H3;5H2,1-2H3;2*1H4. The summed E-state index contributed by atoms with van der Waals surface area (Å²) < 4.78 is 4.50. The predicted octanol–water partition coefficient (Wildman–Crippen LogP) is 1.72. The molecule has 0 amide bonds. The molecule has 3 nitrogen and oxygen atoms in total. The van der Waals surface area contributed by atoms with E-state index < -0.39 is 0 Å². The highest BCUT2D eigenvalue weighted by Crippen LogP contribution is 1.83. The largest absolute Gasteiger partial charge is 0.312 e. The second-order valence-corrected chi connectivity index (χ2v) is 2.47. The van der Waals surface area contributed by atoms with Gasteiger partial charge in [-0.2, -0.15) is 5.06 Å². The Bertz CT molecular complexity index is 49.0. The highest BCUT2D eigenvalue weighted by atomic mass is 31.0. The van der Waals surface area contributed by atoms with Crippen LogP contribution in [0.4, 0.5) is 0 Å². The van der Waals surface area contributed by atoms with Crippen LogP contribution in [0.3, 0.4) is 0 Å². The Morgan fingerprint density at radius 3 is 1.00 bits per heavy atom. The van der Waals surface area contributed by atoms with E-state index >= 15 is 0 Å². The topological polar surface area (TPSA) is 15.7 Å². The van der Waals surface area contributed by atoms with Crippen molar-refractivity contribution in [3.8, 4) is 0 Å². The molecule has 0 saturated heterocycles. The Morgan fingerprint density at radius 1 is 0.909 bits per heavy atom. The summed E-state index contributed by atoms with van der Waals surface area (Å²) in [7, 11) is 11.7. The highest BCUT2D eigenvalue weighted by Gasteiger charge is 1.71. The van der Waals surface area contributed by atoms with Gasteiger partial charge in [0.05, 0.1) is 0 Å². The second kappa shape index (κ2) is 16.7. The number of rotatable bonds is 1. The van der Waals surface area contributed by atoms with Crippen LogP contribution in [0.15, 0.2) is 0 Å². The molecule has 0 fully saturated rings. The number of hydrogen-bond acceptors (Lipinski definition) is 3. The van der Waals surface area contributed by atoms with Crippen LogP contribution in [-0.2, 0) is 4.62 Å². The quantitative estimate of drug-likeness (QED) is 0.456. The summed E-state index contributed by atoms with van der Waals surface area (Å²) in [5.41, 5.74) is 0. The Balaban J connectivity index is -0.0000000383. The van der Waals surface area contributed by atoms with E-state index in [0.717, 1.165) is 0 Å². The van der Waals surface area contributed by atoms with Crippen molar-refractivity contribution < 1.29 is 4.62 Å². The molecule has 0 aromatic carbocycles. The number of hydroxylamine groups is 2. The maximum atomic E-state index is 4.50. The molecule has 0 aromatic rings. The number of hydrogen-bond donors (Lipinski definition) is 0. The van der Waals surface area contributed by atoms with Crippen molar-refractivity contribution in [3.63, 3.8) is 0 Å². The minimum absolute atomic E-state index is 0. The zero-order chi connectivity index (χ0) is 7.86. The predicted molar refractivity (Wildman–Crippen MR) is 57.6 cm³/mol. The van der Waals surface area contributed by atoms with Gasteiger partial charge in [-0.3, -0.25) is 4.62 Å². The first kappa shape index (κ1) is 22.5. The van der Waals surface area contributed by atoms with Crippen molar-refractivity contribution in [2.45, 2.75) is 14.9 Å². The Kier molecular flexibility index (Phi) is 34.2. The maximum absolute atomic E-state index is 4.50. The first-order valence-corrected chi connectivity index (χ1v) is 3.13. The minimum Gasteiger partial charge on any atom is -0.312 e. The molecule has 4 heteroatoms. The zero-order valence-electron chi connectivity index (χ0n) is 6.88. The molecule has 0 aliphatic carbocycles. The summed E-state index contributed by atoms with van der Waals surface area (Å²) in [6.07, 6.45) is 0. The van der Waals surface area contributed by atoms with Crippen LogP contribution in [0, 0.1) is 0 Å².